The minimum atomic E-state index is 0.493. The SMILES string of the molecule is CN=C(NCCc1cccc(C)c1)NCc1ccc(C)cc1OCC1CCOC1. The molecule has 3 rings (SSSR count). The summed E-state index contributed by atoms with van der Waals surface area (Å²) in [7, 11) is 1.80. The molecule has 1 atom stereocenters. The Bertz CT molecular complexity index is 814. The molecule has 0 saturated carbocycles. The third-order valence-corrected chi connectivity index (χ3v) is 5.18. The molecule has 0 amide bonds. The van der Waals surface area contributed by atoms with Crippen LogP contribution in [0.2, 0.25) is 0 Å². The summed E-state index contributed by atoms with van der Waals surface area (Å²) in [5.74, 6) is 2.24. The predicted molar refractivity (Wildman–Crippen MR) is 119 cm³/mol. The van der Waals surface area contributed by atoms with E-state index in [-0.39, 0.29) is 0 Å². The van der Waals surface area contributed by atoms with Crippen molar-refractivity contribution in [3.8, 4) is 5.75 Å². The molecule has 0 aliphatic carbocycles. The second-order valence-electron chi connectivity index (χ2n) is 7.74. The fourth-order valence-electron chi connectivity index (χ4n) is 3.46. The highest BCUT2D eigenvalue weighted by Crippen LogP contribution is 2.22. The van der Waals surface area contributed by atoms with E-state index in [1.54, 1.807) is 7.05 Å². The van der Waals surface area contributed by atoms with Gasteiger partial charge in [-0.1, -0.05) is 42.0 Å². The van der Waals surface area contributed by atoms with E-state index in [9.17, 15) is 0 Å². The van der Waals surface area contributed by atoms with Crippen molar-refractivity contribution in [1.82, 2.24) is 10.6 Å². The normalized spacial score (nSPS) is 16.7. The van der Waals surface area contributed by atoms with Crippen LogP contribution in [0.15, 0.2) is 47.5 Å². The molecular formula is C24H33N3O2. The first kappa shape index (κ1) is 21.2. The minimum Gasteiger partial charge on any atom is -0.493 e. The average molecular weight is 396 g/mol. The fraction of sp³-hybridized carbons (Fsp3) is 0.458. The van der Waals surface area contributed by atoms with Crippen molar-refractivity contribution in [3.05, 3.63) is 64.7 Å². The Kier molecular flexibility index (Phi) is 7.94. The number of ether oxygens (including phenoxy) is 2. The molecule has 0 spiro atoms. The largest absolute Gasteiger partial charge is 0.493 e. The molecule has 1 saturated heterocycles. The maximum absolute atomic E-state index is 6.14. The van der Waals surface area contributed by atoms with Crippen LogP contribution in [0.5, 0.6) is 5.75 Å². The van der Waals surface area contributed by atoms with Crippen molar-refractivity contribution >= 4 is 5.96 Å². The number of guanidine groups is 1. The first-order chi connectivity index (χ1) is 14.1. The summed E-state index contributed by atoms with van der Waals surface area (Å²) in [6.45, 7) is 8.08. The van der Waals surface area contributed by atoms with Crippen LogP contribution in [0.4, 0.5) is 0 Å². The average Bonchev–Trinajstić information content (AvgIpc) is 3.23. The molecule has 29 heavy (non-hydrogen) atoms. The molecular weight excluding hydrogens is 362 g/mol. The van der Waals surface area contributed by atoms with Crippen molar-refractivity contribution in [2.45, 2.75) is 33.2 Å². The highest BCUT2D eigenvalue weighted by molar-refractivity contribution is 5.79. The molecule has 1 fully saturated rings. The van der Waals surface area contributed by atoms with Gasteiger partial charge in [0.05, 0.1) is 13.2 Å². The van der Waals surface area contributed by atoms with Crippen molar-refractivity contribution in [1.29, 1.82) is 0 Å². The smallest absolute Gasteiger partial charge is 0.191 e. The van der Waals surface area contributed by atoms with Gasteiger partial charge >= 0.3 is 0 Å². The molecule has 2 aromatic rings. The van der Waals surface area contributed by atoms with Crippen LogP contribution in [-0.4, -0.2) is 39.4 Å². The molecule has 1 aliphatic rings. The lowest BCUT2D eigenvalue weighted by Gasteiger charge is -2.17. The van der Waals surface area contributed by atoms with Crippen LogP contribution in [-0.2, 0) is 17.7 Å². The van der Waals surface area contributed by atoms with E-state index in [4.69, 9.17) is 9.47 Å². The lowest BCUT2D eigenvalue weighted by molar-refractivity contribution is 0.166. The van der Waals surface area contributed by atoms with E-state index in [1.807, 2.05) is 0 Å². The van der Waals surface area contributed by atoms with Gasteiger partial charge in [-0.15, -0.1) is 0 Å². The third kappa shape index (κ3) is 6.79. The zero-order valence-corrected chi connectivity index (χ0v) is 17.8. The van der Waals surface area contributed by atoms with E-state index < -0.39 is 0 Å². The van der Waals surface area contributed by atoms with Crippen molar-refractivity contribution < 1.29 is 9.47 Å². The molecule has 1 heterocycles. The number of rotatable bonds is 8. The van der Waals surface area contributed by atoms with Crippen molar-refractivity contribution in [2.75, 3.05) is 33.4 Å². The molecule has 2 N–H and O–H groups in total. The zero-order valence-electron chi connectivity index (χ0n) is 17.8. The Labute approximate surface area is 174 Å². The molecule has 5 heteroatoms. The van der Waals surface area contributed by atoms with Gasteiger partial charge in [-0.2, -0.15) is 0 Å². The van der Waals surface area contributed by atoms with E-state index in [0.29, 0.717) is 19.1 Å². The van der Waals surface area contributed by atoms with Crippen molar-refractivity contribution in [3.63, 3.8) is 0 Å². The molecule has 0 radical (unpaired) electrons. The number of nitrogens with zero attached hydrogens (tertiary/aromatic N) is 1. The molecule has 1 unspecified atom stereocenters. The number of hydrogen-bond donors (Lipinski definition) is 2. The number of aliphatic imine (C=N–C) groups is 1. The van der Waals surface area contributed by atoms with Crippen molar-refractivity contribution in [2.24, 2.45) is 10.9 Å². The van der Waals surface area contributed by atoms with Gasteiger partial charge in [0.25, 0.3) is 0 Å². The van der Waals surface area contributed by atoms with Gasteiger partial charge in [-0.05, 0) is 43.9 Å². The third-order valence-electron chi connectivity index (χ3n) is 5.18. The highest BCUT2D eigenvalue weighted by atomic mass is 16.5. The summed E-state index contributed by atoms with van der Waals surface area (Å²) in [6, 6.07) is 15.0. The Balaban J connectivity index is 1.50. The summed E-state index contributed by atoms with van der Waals surface area (Å²) >= 11 is 0. The summed E-state index contributed by atoms with van der Waals surface area (Å²) in [6.07, 6.45) is 2.04. The lowest BCUT2D eigenvalue weighted by Crippen LogP contribution is -2.38. The topological polar surface area (TPSA) is 54.9 Å². The molecule has 5 nitrogen and oxygen atoms in total. The monoisotopic (exact) mass is 395 g/mol. The van der Waals surface area contributed by atoms with Crippen LogP contribution in [0, 0.1) is 19.8 Å². The van der Waals surface area contributed by atoms with Crippen LogP contribution < -0.4 is 15.4 Å². The van der Waals surface area contributed by atoms with Gasteiger partial charge in [-0.3, -0.25) is 4.99 Å². The molecule has 2 aromatic carbocycles. The van der Waals surface area contributed by atoms with Crippen LogP contribution >= 0.6 is 0 Å². The van der Waals surface area contributed by atoms with Gasteiger partial charge in [0, 0.05) is 38.2 Å². The second kappa shape index (κ2) is 10.9. The molecule has 156 valence electrons. The standard InChI is InChI=1S/C24H33N3O2/c1-18-5-4-6-20(13-18)9-11-26-24(25-3)27-15-22-8-7-19(2)14-23(22)29-17-21-10-12-28-16-21/h4-8,13-14,21H,9-12,15-17H2,1-3H3,(H2,25,26,27). The Morgan fingerprint density at radius 1 is 1.14 bits per heavy atom. The van der Waals surface area contributed by atoms with Gasteiger partial charge in [0.2, 0.25) is 0 Å². The van der Waals surface area contributed by atoms with E-state index in [1.165, 1.54) is 16.7 Å². The molecule has 1 aliphatic heterocycles. The van der Waals surface area contributed by atoms with E-state index in [2.05, 4.69) is 71.9 Å². The highest BCUT2D eigenvalue weighted by Gasteiger charge is 2.17. The van der Waals surface area contributed by atoms with E-state index in [0.717, 1.165) is 49.9 Å². The van der Waals surface area contributed by atoms with Gasteiger partial charge in [-0.25, -0.2) is 0 Å². The summed E-state index contributed by atoms with van der Waals surface area (Å²) in [4.78, 5) is 4.35. The summed E-state index contributed by atoms with van der Waals surface area (Å²) < 4.78 is 11.6. The maximum Gasteiger partial charge on any atom is 0.191 e. The number of benzene rings is 2. The first-order valence-electron chi connectivity index (χ1n) is 10.4. The maximum atomic E-state index is 6.14. The fourth-order valence-corrected chi connectivity index (χ4v) is 3.46. The number of aryl methyl sites for hydroxylation is 2. The lowest BCUT2D eigenvalue weighted by atomic mass is 10.1. The summed E-state index contributed by atoms with van der Waals surface area (Å²) in [5, 5.41) is 6.80. The minimum absolute atomic E-state index is 0.493. The van der Waals surface area contributed by atoms with Crippen LogP contribution in [0.25, 0.3) is 0 Å². The zero-order chi connectivity index (χ0) is 20.5. The predicted octanol–water partition coefficient (Wildman–Crippen LogP) is 3.63. The van der Waals surface area contributed by atoms with Crippen LogP contribution in [0.3, 0.4) is 0 Å². The second-order valence-corrected chi connectivity index (χ2v) is 7.74. The molecule has 0 aromatic heterocycles. The Morgan fingerprint density at radius 2 is 2.00 bits per heavy atom. The van der Waals surface area contributed by atoms with Crippen LogP contribution in [0.1, 0.15) is 28.7 Å². The van der Waals surface area contributed by atoms with Gasteiger partial charge in [0.1, 0.15) is 5.75 Å². The van der Waals surface area contributed by atoms with E-state index >= 15 is 0 Å². The summed E-state index contributed by atoms with van der Waals surface area (Å²) in [5.41, 5.74) is 4.96. The van der Waals surface area contributed by atoms with Gasteiger partial charge in [0.15, 0.2) is 5.96 Å². The Morgan fingerprint density at radius 3 is 2.76 bits per heavy atom. The number of nitrogens with one attached hydrogen (secondary N) is 2. The quantitative estimate of drug-likeness (QED) is 0.529. The van der Waals surface area contributed by atoms with Gasteiger partial charge < -0.3 is 20.1 Å². The first-order valence-corrected chi connectivity index (χ1v) is 10.4. The number of hydrogen-bond acceptors (Lipinski definition) is 3. The molecule has 0 bridgehead atoms. The Hall–Kier alpha value is -2.53.